The van der Waals surface area contributed by atoms with Crippen molar-refractivity contribution in [1.82, 2.24) is 5.32 Å². The Morgan fingerprint density at radius 3 is 3.12 bits per heavy atom. The van der Waals surface area contributed by atoms with Crippen LogP contribution in [0.15, 0.2) is 18.2 Å². The highest BCUT2D eigenvalue weighted by molar-refractivity contribution is 5.39. The zero-order valence-corrected chi connectivity index (χ0v) is 10.4. The van der Waals surface area contributed by atoms with Gasteiger partial charge in [-0.2, -0.15) is 0 Å². The van der Waals surface area contributed by atoms with E-state index in [2.05, 4.69) is 17.4 Å². The van der Waals surface area contributed by atoms with Gasteiger partial charge in [-0.05, 0) is 55.5 Å². The Kier molecular flexibility index (Phi) is 4.40. The Bertz CT molecular complexity index is 365. The van der Waals surface area contributed by atoms with Crippen molar-refractivity contribution in [2.45, 2.75) is 31.7 Å². The van der Waals surface area contributed by atoms with E-state index in [9.17, 15) is 0 Å². The summed E-state index contributed by atoms with van der Waals surface area (Å²) >= 11 is 0. The lowest BCUT2D eigenvalue weighted by atomic mass is 9.87. The number of aryl methyl sites for hydroxylation is 1. The molecule has 94 valence electrons. The van der Waals surface area contributed by atoms with E-state index in [4.69, 9.17) is 9.84 Å². The summed E-state index contributed by atoms with van der Waals surface area (Å²) in [7, 11) is 1.71. The molecule has 0 bridgehead atoms. The van der Waals surface area contributed by atoms with Crippen LogP contribution < -0.4 is 10.1 Å². The first-order valence-electron chi connectivity index (χ1n) is 6.36. The SMILES string of the molecule is COc1ccc2c(c1)CCCC2NCCCO. The summed E-state index contributed by atoms with van der Waals surface area (Å²) in [5, 5.41) is 12.3. The van der Waals surface area contributed by atoms with Crippen molar-refractivity contribution in [2.75, 3.05) is 20.3 Å². The van der Waals surface area contributed by atoms with Crippen molar-refractivity contribution in [3.8, 4) is 5.75 Å². The standard InChI is InChI=1S/C14H21NO2/c1-17-12-6-7-13-11(10-12)4-2-5-14(13)15-8-3-9-16/h6-7,10,14-16H,2-5,8-9H2,1H3. The predicted molar refractivity (Wildman–Crippen MR) is 68.4 cm³/mol. The van der Waals surface area contributed by atoms with Crippen LogP contribution in [0.25, 0.3) is 0 Å². The van der Waals surface area contributed by atoms with Crippen LogP contribution >= 0.6 is 0 Å². The average molecular weight is 235 g/mol. The molecule has 2 N–H and O–H groups in total. The molecule has 0 heterocycles. The van der Waals surface area contributed by atoms with E-state index < -0.39 is 0 Å². The highest BCUT2D eigenvalue weighted by Gasteiger charge is 2.19. The summed E-state index contributed by atoms with van der Waals surface area (Å²) < 4.78 is 5.26. The van der Waals surface area contributed by atoms with Crippen molar-refractivity contribution in [3.05, 3.63) is 29.3 Å². The van der Waals surface area contributed by atoms with E-state index in [0.29, 0.717) is 6.04 Å². The molecule has 0 saturated carbocycles. The van der Waals surface area contributed by atoms with Crippen LogP contribution in [0, 0.1) is 0 Å². The van der Waals surface area contributed by atoms with Gasteiger partial charge < -0.3 is 15.2 Å². The van der Waals surface area contributed by atoms with Gasteiger partial charge in [-0.1, -0.05) is 6.07 Å². The van der Waals surface area contributed by atoms with Gasteiger partial charge in [-0.25, -0.2) is 0 Å². The summed E-state index contributed by atoms with van der Waals surface area (Å²) in [5.74, 6) is 0.944. The molecule has 1 aliphatic carbocycles. The summed E-state index contributed by atoms with van der Waals surface area (Å²) in [6.07, 6.45) is 4.37. The molecule has 0 saturated heterocycles. The molecule has 1 aliphatic rings. The van der Waals surface area contributed by atoms with Gasteiger partial charge in [0, 0.05) is 12.6 Å². The van der Waals surface area contributed by atoms with Gasteiger partial charge in [-0.3, -0.25) is 0 Å². The molecule has 0 amide bonds. The second-order valence-corrected chi connectivity index (χ2v) is 4.54. The van der Waals surface area contributed by atoms with Crippen molar-refractivity contribution < 1.29 is 9.84 Å². The van der Waals surface area contributed by atoms with Gasteiger partial charge in [0.15, 0.2) is 0 Å². The predicted octanol–water partition coefficient (Wildman–Crippen LogP) is 2.04. The Balaban J connectivity index is 2.08. The quantitative estimate of drug-likeness (QED) is 0.767. The number of rotatable bonds is 5. The zero-order chi connectivity index (χ0) is 12.1. The Labute approximate surface area is 103 Å². The smallest absolute Gasteiger partial charge is 0.119 e. The minimum atomic E-state index is 0.259. The summed E-state index contributed by atoms with van der Waals surface area (Å²) in [5.41, 5.74) is 2.80. The lowest BCUT2D eigenvalue weighted by Crippen LogP contribution is -2.26. The third-order valence-corrected chi connectivity index (χ3v) is 3.39. The fraction of sp³-hybridized carbons (Fsp3) is 0.571. The third-order valence-electron chi connectivity index (χ3n) is 3.39. The molecule has 1 atom stereocenters. The van der Waals surface area contributed by atoms with Crippen LogP contribution in [0.3, 0.4) is 0 Å². The van der Waals surface area contributed by atoms with Crippen LogP contribution in [0.4, 0.5) is 0 Å². The van der Waals surface area contributed by atoms with Gasteiger partial charge in [0.05, 0.1) is 7.11 Å². The van der Waals surface area contributed by atoms with E-state index >= 15 is 0 Å². The second-order valence-electron chi connectivity index (χ2n) is 4.54. The number of hydrogen-bond donors (Lipinski definition) is 2. The number of nitrogens with one attached hydrogen (secondary N) is 1. The summed E-state index contributed by atoms with van der Waals surface area (Å²) in [6, 6.07) is 6.79. The van der Waals surface area contributed by atoms with E-state index in [0.717, 1.165) is 25.1 Å². The summed E-state index contributed by atoms with van der Waals surface area (Å²) in [6.45, 7) is 1.14. The fourth-order valence-electron chi connectivity index (χ4n) is 2.49. The van der Waals surface area contributed by atoms with E-state index in [-0.39, 0.29) is 6.61 Å². The number of aliphatic hydroxyl groups excluding tert-OH is 1. The van der Waals surface area contributed by atoms with E-state index in [1.807, 2.05) is 6.07 Å². The number of benzene rings is 1. The number of methoxy groups -OCH3 is 1. The molecule has 0 aromatic heterocycles. The number of aliphatic hydroxyl groups is 1. The van der Waals surface area contributed by atoms with Gasteiger partial charge in [-0.15, -0.1) is 0 Å². The average Bonchev–Trinajstić information content (AvgIpc) is 2.38. The molecule has 1 aromatic rings. The van der Waals surface area contributed by atoms with Gasteiger partial charge in [0.2, 0.25) is 0 Å². The monoisotopic (exact) mass is 235 g/mol. The maximum Gasteiger partial charge on any atom is 0.119 e. The van der Waals surface area contributed by atoms with Crippen molar-refractivity contribution >= 4 is 0 Å². The third kappa shape index (κ3) is 2.99. The van der Waals surface area contributed by atoms with Gasteiger partial charge in [0.25, 0.3) is 0 Å². The molecule has 3 heteroatoms. The molecule has 1 unspecified atom stereocenters. The van der Waals surface area contributed by atoms with E-state index in [1.165, 1.54) is 24.0 Å². The van der Waals surface area contributed by atoms with Crippen LogP contribution in [-0.2, 0) is 6.42 Å². The maximum absolute atomic E-state index is 8.80. The van der Waals surface area contributed by atoms with Crippen molar-refractivity contribution in [2.24, 2.45) is 0 Å². The Morgan fingerprint density at radius 1 is 1.47 bits per heavy atom. The fourth-order valence-corrected chi connectivity index (χ4v) is 2.49. The van der Waals surface area contributed by atoms with Crippen LogP contribution in [0.5, 0.6) is 5.75 Å². The summed E-state index contributed by atoms with van der Waals surface area (Å²) in [4.78, 5) is 0. The van der Waals surface area contributed by atoms with Crippen LogP contribution in [-0.4, -0.2) is 25.4 Å². The Hall–Kier alpha value is -1.06. The molecule has 17 heavy (non-hydrogen) atoms. The molecule has 2 rings (SSSR count). The van der Waals surface area contributed by atoms with Crippen LogP contribution in [0.1, 0.15) is 36.4 Å². The maximum atomic E-state index is 8.80. The molecule has 1 aromatic carbocycles. The number of fused-ring (bicyclic) bond motifs is 1. The topological polar surface area (TPSA) is 41.5 Å². The molecule has 0 spiro atoms. The molecular weight excluding hydrogens is 214 g/mol. The largest absolute Gasteiger partial charge is 0.497 e. The molecule has 0 aliphatic heterocycles. The second kappa shape index (κ2) is 6.03. The zero-order valence-electron chi connectivity index (χ0n) is 10.4. The Morgan fingerprint density at radius 2 is 2.35 bits per heavy atom. The molecule has 0 fully saturated rings. The van der Waals surface area contributed by atoms with Crippen molar-refractivity contribution in [1.29, 1.82) is 0 Å². The van der Waals surface area contributed by atoms with Gasteiger partial charge >= 0.3 is 0 Å². The molecule has 0 radical (unpaired) electrons. The highest BCUT2D eigenvalue weighted by atomic mass is 16.5. The van der Waals surface area contributed by atoms with E-state index in [1.54, 1.807) is 7.11 Å². The minimum absolute atomic E-state index is 0.259. The molecular formula is C14H21NO2. The number of ether oxygens (including phenoxy) is 1. The number of hydrogen-bond acceptors (Lipinski definition) is 3. The molecule has 3 nitrogen and oxygen atoms in total. The van der Waals surface area contributed by atoms with Crippen molar-refractivity contribution in [3.63, 3.8) is 0 Å². The first kappa shape index (κ1) is 12.4. The lowest BCUT2D eigenvalue weighted by molar-refractivity contribution is 0.281. The first-order valence-corrected chi connectivity index (χ1v) is 6.36. The first-order chi connectivity index (χ1) is 8.35. The van der Waals surface area contributed by atoms with Gasteiger partial charge in [0.1, 0.15) is 5.75 Å². The lowest BCUT2D eigenvalue weighted by Gasteiger charge is -2.26. The highest BCUT2D eigenvalue weighted by Crippen LogP contribution is 2.31. The van der Waals surface area contributed by atoms with Crippen LogP contribution in [0.2, 0.25) is 0 Å². The minimum Gasteiger partial charge on any atom is -0.497 e. The normalized spacial score (nSPS) is 18.8.